The number of anilines is 2. The Kier molecular flexibility index (Phi) is 8.29. The number of nitrogens with zero attached hydrogens (tertiary/aromatic N) is 3. The van der Waals surface area contributed by atoms with Crippen LogP contribution in [0.4, 0.5) is 16.3 Å². The second-order valence-corrected chi connectivity index (χ2v) is 11.4. The molecule has 38 heavy (non-hydrogen) atoms. The first-order chi connectivity index (χ1) is 17.9. The van der Waals surface area contributed by atoms with Crippen LogP contribution in [0.15, 0.2) is 41.0 Å². The lowest BCUT2D eigenvalue weighted by Crippen LogP contribution is -2.27. The Bertz CT molecular complexity index is 1400. The smallest absolute Gasteiger partial charge is 0.413 e. The van der Waals surface area contributed by atoms with Crippen molar-refractivity contribution in [3.8, 4) is 5.82 Å². The molecule has 0 atom stereocenters. The number of hydrogen-bond donors (Lipinski definition) is 3. The number of ether oxygens (including phenoxy) is 1. The zero-order valence-electron chi connectivity index (χ0n) is 20.8. The highest BCUT2D eigenvalue weighted by Gasteiger charge is 2.26. The van der Waals surface area contributed by atoms with Crippen molar-refractivity contribution in [1.29, 1.82) is 0 Å². The maximum absolute atomic E-state index is 13.6. The SMILES string of the molecule is CC(C)(C)OC(=O)Nc1cc(C(=O)Nc2c(Br)cc(Cl)cc2C(=O)NCC2CC2)n(-c2ncccc2Cl)n1. The molecule has 1 aromatic carbocycles. The predicted molar refractivity (Wildman–Crippen MR) is 148 cm³/mol. The molecule has 1 aliphatic rings. The number of halogens is 3. The molecule has 10 nitrogen and oxygen atoms in total. The lowest BCUT2D eigenvalue weighted by Gasteiger charge is -2.19. The van der Waals surface area contributed by atoms with Gasteiger partial charge in [-0.15, -0.1) is 5.10 Å². The number of rotatable bonds is 7. The van der Waals surface area contributed by atoms with Gasteiger partial charge in [0.2, 0.25) is 0 Å². The molecule has 0 aliphatic heterocycles. The monoisotopic (exact) mass is 622 g/mol. The van der Waals surface area contributed by atoms with Crippen LogP contribution in [0.25, 0.3) is 5.82 Å². The highest BCUT2D eigenvalue weighted by atomic mass is 79.9. The molecule has 1 fully saturated rings. The minimum atomic E-state index is -0.753. The molecule has 0 unspecified atom stereocenters. The fraction of sp³-hybridized carbons (Fsp3) is 0.320. The Morgan fingerprint density at radius 3 is 2.53 bits per heavy atom. The van der Waals surface area contributed by atoms with Crippen LogP contribution in [0.1, 0.15) is 54.5 Å². The molecule has 0 radical (unpaired) electrons. The maximum atomic E-state index is 13.6. The lowest BCUT2D eigenvalue weighted by atomic mass is 10.1. The van der Waals surface area contributed by atoms with Crippen molar-refractivity contribution >= 4 is 68.5 Å². The molecule has 13 heteroatoms. The number of nitrogens with one attached hydrogen (secondary N) is 3. The Labute approximate surface area is 237 Å². The lowest BCUT2D eigenvalue weighted by molar-refractivity contribution is 0.0634. The molecule has 4 rings (SSSR count). The van der Waals surface area contributed by atoms with E-state index in [1.807, 2.05) is 0 Å². The van der Waals surface area contributed by atoms with Gasteiger partial charge in [0.25, 0.3) is 11.8 Å². The summed E-state index contributed by atoms with van der Waals surface area (Å²) in [5.74, 6) is -0.356. The minimum Gasteiger partial charge on any atom is -0.444 e. The molecule has 2 aromatic heterocycles. The molecule has 1 aliphatic carbocycles. The molecule has 3 N–H and O–H groups in total. The number of pyridine rings is 1. The van der Waals surface area contributed by atoms with Crippen molar-refractivity contribution in [2.75, 3.05) is 17.2 Å². The van der Waals surface area contributed by atoms with Gasteiger partial charge < -0.3 is 15.4 Å². The minimum absolute atomic E-state index is 0.0113. The standard InChI is InChI=1S/C25H25BrCl2N6O4/c1-25(2,3)38-24(37)31-19-11-18(34(33-19)21-17(28)5-4-8-29-21)23(36)32-20-15(9-14(27)10-16(20)26)22(35)30-12-13-6-7-13/h4-5,8-11,13H,6-7,12H2,1-3H3,(H,30,35)(H,32,36)(H,31,33,37). The van der Waals surface area contributed by atoms with Crippen molar-refractivity contribution in [3.05, 3.63) is 62.3 Å². The fourth-order valence-electron chi connectivity index (χ4n) is 3.42. The molecule has 0 spiro atoms. The van der Waals surface area contributed by atoms with E-state index in [-0.39, 0.29) is 39.5 Å². The van der Waals surface area contributed by atoms with E-state index in [0.29, 0.717) is 22.0 Å². The van der Waals surface area contributed by atoms with E-state index in [2.05, 4.69) is 42.0 Å². The topological polar surface area (TPSA) is 127 Å². The Hall–Kier alpha value is -3.15. The molecule has 3 amide bonds. The van der Waals surface area contributed by atoms with Gasteiger partial charge in [0.1, 0.15) is 11.3 Å². The van der Waals surface area contributed by atoms with Gasteiger partial charge in [0, 0.05) is 28.3 Å². The third kappa shape index (κ3) is 7.03. The average Bonchev–Trinajstić information content (AvgIpc) is 3.56. The Morgan fingerprint density at radius 1 is 1.13 bits per heavy atom. The summed E-state index contributed by atoms with van der Waals surface area (Å²) >= 11 is 15.9. The van der Waals surface area contributed by atoms with Gasteiger partial charge in [0.15, 0.2) is 11.6 Å². The van der Waals surface area contributed by atoms with Crippen molar-refractivity contribution in [3.63, 3.8) is 0 Å². The second kappa shape index (κ2) is 11.3. The van der Waals surface area contributed by atoms with Crippen LogP contribution in [-0.4, -0.2) is 44.8 Å². The zero-order valence-corrected chi connectivity index (χ0v) is 23.9. The molecule has 1 saturated carbocycles. The van der Waals surface area contributed by atoms with Crippen molar-refractivity contribution in [2.45, 2.75) is 39.2 Å². The van der Waals surface area contributed by atoms with Crippen LogP contribution in [0.2, 0.25) is 10.0 Å². The Morgan fingerprint density at radius 2 is 1.87 bits per heavy atom. The van der Waals surface area contributed by atoms with Crippen molar-refractivity contribution < 1.29 is 19.1 Å². The van der Waals surface area contributed by atoms with Gasteiger partial charge >= 0.3 is 6.09 Å². The van der Waals surface area contributed by atoms with Crippen molar-refractivity contribution in [1.82, 2.24) is 20.1 Å². The van der Waals surface area contributed by atoms with E-state index < -0.39 is 17.6 Å². The molecule has 0 bridgehead atoms. The summed E-state index contributed by atoms with van der Waals surface area (Å²) in [5, 5.41) is 13.0. The second-order valence-electron chi connectivity index (χ2n) is 9.68. The van der Waals surface area contributed by atoms with Crippen LogP contribution in [-0.2, 0) is 4.74 Å². The molecule has 200 valence electrons. The largest absolute Gasteiger partial charge is 0.444 e. The van der Waals surface area contributed by atoms with Gasteiger partial charge in [-0.1, -0.05) is 23.2 Å². The fourth-order valence-corrected chi connectivity index (χ4v) is 4.53. The quantitative estimate of drug-likeness (QED) is 0.293. The number of carbonyl (C=O) groups excluding carboxylic acids is 3. The van der Waals surface area contributed by atoms with Gasteiger partial charge in [-0.2, -0.15) is 0 Å². The first-order valence-corrected chi connectivity index (χ1v) is 13.3. The van der Waals surface area contributed by atoms with E-state index in [1.165, 1.54) is 23.0 Å². The maximum Gasteiger partial charge on any atom is 0.413 e. The summed E-state index contributed by atoms with van der Waals surface area (Å²) in [5.41, 5.74) is -0.349. The van der Waals surface area contributed by atoms with E-state index in [1.54, 1.807) is 39.0 Å². The average molecular weight is 624 g/mol. The number of amides is 3. The highest BCUT2D eigenvalue weighted by Crippen LogP contribution is 2.33. The van der Waals surface area contributed by atoms with Crippen LogP contribution < -0.4 is 16.0 Å². The van der Waals surface area contributed by atoms with Gasteiger partial charge in [-0.25, -0.2) is 14.5 Å². The van der Waals surface area contributed by atoms with Crippen LogP contribution in [0.3, 0.4) is 0 Å². The number of benzene rings is 1. The third-order valence-corrected chi connectivity index (χ3v) is 6.44. The molecule has 0 saturated heterocycles. The van der Waals surface area contributed by atoms with E-state index in [4.69, 9.17) is 27.9 Å². The normalized spacial score (nSPS) is 13.1. The first kappa shape index (κ1) is 27.9. The Balaban J connectivity index is 1.68. The summed E-state index contributed by atoms with van der Waals surface area (Å²) in [7, 11) is 0. The molecular formula is C25H25BrCl2N6O4. The van der Waals surface area contributed by atoms with E-state index in [9.17, 15) is 14.4 Å². The van der Waals surface area contributed by atoms with Gasteiger partial charge in [-0.05, 0) is 79.7 Å². The van der Waals surface area contributed by atoms with Gasteiger partial charge in [0.05, 0.1) is 16.3 Å². The van der Waals surface area contributed by atoms with Crippen LogP contribution >= 0.6 is 39.1 Å². The zero-order chi connectivity index (χ0) is 27.6. The van der Waals surface area contributed by atoms with Crippen LogP contribution in [0.5, 0.6) is 0 Å². The first-order valence-electron chi connectivity index (χ1n) is 11.7. The van der Waals surface area contributed by atoms with Gasteiger partial charge in [-0.3, -0.25) is 14.9 Å². The van der Waals surface area contributed by atoms with Crippen molar-refractivity contribution in [2.24, 2.45) is 5.92 Å². The third-order valence-electron chi connectivity index (χ3n) is 5.30. The van der Waals surface area contributed by atoms with E-state index in [0.717, 1.165) is 12.8 Å². The number of carbonyl (C=O) groups is 3. The predicted octanol–water partition coefficient (Wildman–Crippen LogP) is 6.08. The summed E-state index contributed by atoms with van der Waals surface area (Å²) in [6.45, 7) is 5.71. The molecule has 2 heterocycles. The highest BCUT2D eigenvalue weighted by molar-refractivity contribution is 9.10. The van der Waals surface area contributed by atoms with Crippen LogP contribution in [0, 0.1) is 5.92 Å². The summed E-state index contributed by atoms with van der Waals surface area (Å²) in [6.07, 6.45) is 2.88. The summed E-state index contributed by atoms with van der Waals surface area (Å²) < 4.78 is 6.89. The number of hydrogen-bond acceptors (Lipinski definition) is 6. The van der Waals surface area contributed by atoms with E-state index >= 15 is 0 Å². The summed E-state index contributed by atoms with van der Waals surface area (Å²) in [6, 6.07) is 7.61. The molecule has 3 aromatic rings. The molecular weight excluding hydrogens is 599 g/mol. The number of aromatic nitrogens is 3. The summed E-state index contributed by atoms with van der Waals surface area (Å²) in [4.78, 5) is 43.1.